The van der Waals surface area contributed by atoms with Crippen LogP contribution in [-0.2, 0) is 28.7 Å². The van der Waals surface area contributed by atoms with Gasteiger partial charge in [-0.15, -0.1) is 0 Å². The molecule has 0 saturated carbocycles. The molecule has 2 aromatic carbocycles. The van der Waals surface area contributed by atoms with Crippen molar-refractivity contribution in [1.82, 2.24) is 9.80 Å². The number of carbonyl (C=O) groups is 2. The number of amides is 2. The summed E-state index contributed by atoms with van der Waals surface area (Å²) >= 11 is 2.14. The molecule has 0 radical (unpaired) electrons. The lowest BCUT2D eigenvalue weighted by Crippen LogP contribution is -2.49. The summed E-state index contributed by atoms with van der Waals surface area (Å²) in [4.78, 5) is 28.1. The first-order chi connectivity index (χ1) is 16.3. The van der Waals surface area contributed by atoms with E-state index in [0.717, 1.165) is 15.2 Å². The molecule has 190 valence electrons. The van der Waals surface area contributed by atoms with E-state index in [2.05, 4.69) is 27.9 Å². The summed E-state index contributed by atoms with van der Waals surface area (Å²) < 4.78 is 47.8. The Balaban J connectivity index is 1.64. The van der Waals surface area contributed by atoms with E-state index in [1.165, 1.54) is 12.1 Å². The molecule has 0 bridgehead atoms. The van der Waals surface area contributed by atoms with Crippen molar-refractivity contribution < 1.29 is 27.5 Å². The predicted molar refractivity (Wildman–Crippen MR) is 136 cm³/mol. The maximum atomic E-state index is 13.8. The van der Waals surface area contributed by atoms with Gasteiger partial charge in [0.15, 0.2) is 0 Å². The van der Waals surface area contributed by atoms with Crippen LogP contribution >= 0.6 is 22.6 Å². The maximum absolute atomic E-state index is 13.8. The molecule has 10 heteroatoms. The molecule has 0 aliphatic carbocycles. The van der Waals surface area contributed by atoms with E-state index in [-0.39, 0.29) is 30.1 Å². The van der Waals surface area contributed by atoms with Crippen molar-refractivity contribution in [3.63, 3.8) is 0 Å². The molecular weight excluding hydrogens is 574 g/mol. The highest BCUT2D eigenvalue weighted by atomic mass is 127. The lowest BCUT2D eigenvalue weighted by molar-refractivity contribution is -0.138. The van der Waals surface area contributed by atoms with Crippen molar-refractivity contribution in [2.75, 3.05) is 31.5 Å². The van der Waals surface area contributed by atoms with Crippen molar-refractivity contribution in [2.24, 2.45) is 0 Å². The Hall–Kier alpha value is -2.34. The summed E-state index contributed by atoms with van der Waals surface area (Å²) in [5.74, 6) is -0.383. The molecule has 0 aromatic heterocycles. The first-order valence-electron chi connectivity index (χ1n) is 11.2. The van der Waals surface area contributed by atoms with Gasteiger partial charge in [0, 0.05) is 42.0 Å². The van der Waals surface area contributed by atoms with Gasteiger partial charge in [-0.2, -0.15) is 13.2 Å². The SMILES string of the molecule is CC(C)(C)OC(=O)N1CCN(Cc2ccc(NC(=O)Cc3cccc(I)c3)cc2C(F)(F)F)CC1. The van der Waals surface area contributed by atoms with Gasteiger partial charge in [0.05, 0.1) is 12.0 Å². The van der Waals surface area contributed by atoms with Crippen LogP contribution in [0, 0.1) is 3.57 Å². The number of nitrogens with one attached hydrogen (secondary N) is 1. The first-order valence-corrected chi connectivity index (χ1v) is 12.3. The molecule has 6 nitrogen and oxygen atoms in total. The average Bonchev–Trinajstić information content (AvgIpc) is 2.73. The first kappa shape index (κ1) is 27.3. The van der Waals surface area contributed by atoms with Gasteiger partial charge in [-0.05, 0) is 78.8 Å². The highest BCUT2D eigenvalue weighted by molar-refractivity contribution is 14.1. The van der Waals surface area contributed by atoms with E-state index in [1.54, 1.807) is 31.7 Å². The Bertz CT molecular complexity index is 1060. The fourth-order valence-corrected chi connectivity index (χ4v) is 4.36. The van der Waals surface area contributed by atoms with Crippen LogP contribution in [0.25, 0.3) is 0 Å². The van der Waals surface area contributed by atoms with E-state index in [4.69, 9.17) is 4.74 Å². The maximum Gasteiger partial charge on any atom is 0.416 e. The van der Waals surface area contributed by atoms with Gasteiger partial charge in [0.1, 0.15) is 5.60 Å². The standard InChI is InChI=1S/C25H29F3IN3O3/c1-24(2,3)35-23(34)32-11-9-31(10-12-32)16-18-7-8-20(15-21(18)25(26,27)28)30-22(33)14-17-5-4-6-19(29)13-17/h4-8,13,15H,9-12,14,16H2,1-3H3,(H,30,33). The summed E-state index contributed by atoms with van der Waals surface area (Å²) in [6.07, 6.45) is -4.91. The zero-order valence-electron chi connectivity index (χ0n) is 19.9. The summed E-state index contributed by atoms with van der Waals surface area (Å²) in [6.45, 7) is 7.08. The number of hydrogen-bond donors (Lipinski definition) is 1. The lowest BCUT2D eigenvalue weighted by Gasteiger charge is -2.36. The van der Waals surface area contributed by atoms with E-state index in [1.807, 2.05) is 23.1 Å². The smallest absolute Gasteiger partial charge is 0.416 e. The second-order valence-electron chi connectivity index (χ2n) is 9.47. The molecule has 1 heterocycles. The number of alkyl halides is 3. The molecule has 0 unspecified atom stereocenters. The average molecular weight is 603 g/mol. The number of hydrogen-bond acceptors (Lipinski definition) is 4. The van der Waals surface area contributed by atoms with Crippen LogP contribution in [0.2, 0.25) is 0 Å². The molecular formula is C25H29F3IN3O3. The fraction of sp³-hybridized carbons (Fsp3) is 0.440. The predicted octanol–water partition coefficient (Wildman–Crippen LogP) is 5.54. The second-order valence-corrected chi connectivity index (χ2v) is 10.7. The summed E-state index contributed by atoms with van der Waals surface area (Å²) in [5.41, 5.74) is -0.371. The van der Waals surface area contributed by atoms with E-state index in [0.29, 0.717) is 26.2 Å². The Labute approximate surface area is 216 Å². The largest absolute Gasteiger partial charge is 0.444 e. The quantitative estimate of drug-likeness (QED) is 0.456. The van der Waals surface area contributed by atoms with Crippen molar-refractivity contribution in [3.8, 4) is 0 Å². The van der Waals surface area contributed by atoms with Crippen LogP contribution in [0.4, 0.5) is 23.7 Å². The minimum Gasteiger partial charge on any atom is -0.444 e. The summed E-state index contributed by atoms with van der Waals surface area (Å²) in [7, 11) is 0. The molecule has 1 aliphatic rings. The fourth-order valence-electron chi connectivity index (χ4n) is 3.75. The van der Waals surface area contributed by atoms with Gasteiger partial charge in [-0.3, -0.25) is 9.69 Å². The van der Waals surface area contributed by atoms with E-state index in [9.17, 15) is 22.8 Å². The number of nitrogens with zero attached hydrogens (tertiary/aromatic N) is 2. The number of ether oxygens (including phenoxy) is 1. The molecule has 2 amide bonds. The molecule has 2 aromatic rings. The van der Waals surface area contributed by atoms with Crippen molar-refractivity contribution in [3.05, 3.63) is 62.7 Å². The third kappa shape index (κ3) is 8.38. The van der Waals surface area contributed by atoms with Crippen LogP contribution in [0.3, 0.4) is 0 Å². The van der Waals surface area contributed by atoms with Crippen LogP contribution < -0.4 is 5.32 Å². The molecule has 1 aliphatic heterocycles. The van der Waals surface area contributed by atoms with Gasteiger partial charge in [-0.25, -0.2) is 4.79 Å². The topological polar surface area (TPSA) is 61.9 Å². The van der Waals surface area contributed by atoms with Gasteiger partial charge in [-0.1, -0.05) is 18.2 Å². The van der Waals surface area contributed by atoms with Gasteiger partial charge in [0.25, 0.3) is 0 Å². The molecule has 1 saturated heterocycles. The van der Waals surface area contributed by atoms with Crippen molar-refractivity contribution in [2.45, 2.75) is 45.5 Å². The minimum atomic E-state index is -4.57. The summed E-state index contributed by atoms with van der Waals surface area (Å²) in [5, 5.41) is 2.58. The van der Waals surface area contributed by atoms with Gasteiger partial charge >= 0.3 is 12.3 Å². The lowest BCUT2D eigenvalue weighted by atomic mass is 10.0. The highest BCUT2D eigenvalue weighted by Crippen LogP contribution is 2.34. The molecule has 1 fully saturated rings. The number of carbonyl (C=O) groups excluding carboxylic acids is 2. The van der Waals surface area contributed by atoms with Crippen LogP contribution in [-0.4, -0.2) is 53.6 Å². The highest BCUT2D eigenvalue weighted by Gasteiger charge is 2.34. The number of piperazine rings is 1. The molecule has 35 heavy (non-hydrogen) atoms. The third-order valence-corrected chi connectivity index (χ3v) is 6.04. The minimum absolute atomic E-state index is 0.0713. The zero-order chi connectivity index (χ0) is 25.8. The van der Waals surface area contributed by atoms with E-state index < -0.39 is 23.4 Å². The van der Waals surface area contributed by atoms with Crippen LogP contribution in [0.1, 0.15) is 37.5 Å². The Morgan fingerprint density at radius 3 is 2.31 bits per heavy atom. The van der Waals surface area contributed by atoms with Crippen molar-refractivity contribution in [1.29, 1.82) is 0 Å². The Morgan fingerprint density at radius 2 is 1.71 bits per heavy atom. The van der Waals surface area contributed by atoms with Crippen molar-refractivity contribution >= 4 is 40.3 Å². The number of benzene rings is 2. The number of halogens is 4. The van der Waals surface area contributed by atoms with E-state index >= 15 is 0 Å². The number of anilines is 1. The molecule has 1 N–H and O–H groups in total. The zero-order valence-corrected chi connectivity index (χ0v) is 22.1. The third-order valence-electron chi connectivity index (χ3n) is 5.37. The molecule has 0 spiro atoms. The molecule has 3 rings (SSSR count). The monoisotopic (exact) mass is 603 g/mol. The Kier molecular flexibility index (Phi) is 8.68. The Morgan fingerprint density at radius 1 is 1.03 bits per heavy atom. The molecule has 0 atom stereocenters. The van der Waals surface area contributed by atoms with Crippen LogP contribution in [0.5, 0.6) is 0 Å². The second kappa shape index (κ2) is 11.2. The van der Waals surface area contributed by atoms with Crippen LogP contribution in [0.15, 0.2) is 42.5 Å². The number of rotatable bonds is 5. The normalized spacial score (nSPS) is 15.1. The van der Waals surface area contributed by atoms with Gasteiger partial charge < -0.3 is 15.0 Å². The van der Waals surface area contributed by atoms with Gasteiger partial charge in [0.2, 0.25) is 5.91 Å². The summed E-state index contributed by atoms with van der Waals surface area (Å²) in [6, 6.07) is 11.3.